The summed E-state index contributed by atoms with van der Waals surface area (Å²) < 4.78 is 19.6. The Morgan fingerprint density at radius 3 is 2.17 bits per heavy atom. The third-order valence-electron chi connectivity index (χ3n) is 3.68. The number of nitrogens with zero attached hydrogens (tertiary/aromatic N) is 1. The Labute approximate surface area is 142 Å². The van der Waals surface area contributed by atoms with Crippen molar-refractivity contribution in [2.45, 2.75) is 32.5 Å². The van der Waals surface area contributed by atoms with Gasteiger partial charge in [0, 0.05) is 10.2 Å². The van der Waals surface area contributed by atoms with Gasteiger partial charge in [-0.05, 0) is 38.5 Å². The number of hydrogen-bond acceptors (Lipinski definition) is 4. The standard InChI is InChI=1S/C18H22NO4P/c1-14(2)23-24(22,17-7-5-4-6-8-17)18(13-19(20)21)16-11-9-15(3)10-12-16/h4-12,14,18H,13H2,1-3H3. The molecule has 0 aliphatic rings. The zero-order chi connectivity index (χ0) is 17.7. The molecule has 2 rings (SSSR count). The molecule has 24 heavy (non-hydrogen) atoms. The number of nitro groups is 1. The Hall–Kier alpha value is -1.97. The zero-order valence-electron chi connectivity index (χ0n) is 14.1. The number of hydrogen-bond donors (Lipinski definition) is 0. The normalized spacial score (nSPS) is 15.0. The van der Waals surface area contributed by atoms with E-state index in [1.54, 1.807) is 50.2 Å². The SMILES string of the molecule is Cc1ccc(C(C[N+](=O)[O-])P(=O)(OC(C)C)c2ccccc2)cc1. The highest BCUT2D eigenvalue weighted by molar-refractivity contribution is 7.67. The molecule has 6 heteroatoms. The third-order valence-corrected chi connectivity index (χ3v) is 6.71. The van der Waals surface area contributed by atoms with E-state index >= 15 is 0 Å². The summed E-state index contributed by atoms with van der Waals surface area (Å²) in [5.41, 5.74) is 0.876. The molecular formula is C18H22NO4P. The Morgan fingerprint density at radius 1 is 1.08 bits per heavy atom. The van der Waals surface area contributed by atoms with Crippen LogP contribution in [0, 0.1) is 17.0 Å². The predicted octanol–water partition coefficient (Wildman–Crippen LogP) is 4.34. The van der Waals surface area contributed by atoms with Gasteiger partial charge in [0.05, 0.1) is 6.10 Å². The fraction of sp³-hybridized carbons (Fsp3) is 0.333. The average molecular weight is 347 g/mol. The van der Waals surface area contributed by atoms with Crippen molar-refractivity contribution in [2.75, 3.05) is 6.54 Å². The van der Waals surface area contributed by atoms with Crippen molar-refractivity contribution < 1.29 is 14.0 Å². The molecule has 0 spiro atoms. The molecule has 0 amide bonds. The second kappa shape index (κ2) is 7.73. The van der Waals surface area contributed by atoms with Crippen LogP contribution in [0.2, 0.25) is 0 Å². The van der Waals surface area contributed by atoms with Crippen LogP contribution >= 0.6 is 7.37 Å². The fourth-order valence-corrected chi connectivity index (χ4v) is 5.36. The Kier molecular flexibility index (Phi) is 5.92. The first kappa shape index (κ1) is 18.4. The van der Waals surface area contributed by atoms with Crippen molar-refractivity contribution in [1.82, 2.24) is 0 Å². The van der Waals surface area contributed by atoms with Gasteiger partial charge in [-0.25, -0.2) is 0 Å². The lowest BCUT2D eigenvalue weighted by atomic mass is 10.1. The van der Waals surface area contributed by atoms with Crippen LogP contribution in [0.25, 0.3) is 0 Å². The van der Waals surface area contributed by atoms with Gasteiger partial charge in [-0.2, -0.15) is 0 Å². The lowest BCUT2D eigenvalue weighted by Crippen LogP contribution is -2.22. The van der Waals surface area contributed by atoms with Crippen LogP contribution in [0.1, 0.15) is 30.6 Å². The van der Waals surface area contributed by atoms with Crippen LogP contribution in [0.3, 0.4) is 0 Å². The van der Waals surface area contributed by atoms with Crippen molar-refractivity contribution in [1.29, 1.82) is 0 Å². The van der Waals surface area contributed by atoms with Gasteiger partial charge in [0.25, 0.3) is 0 Å². The van der Waals surface area contributed by atoms with E-state index in [9.17, 15) is 14.7 Å². The van der Waals surface area contributed by atoms with Crippen LogP contribution < -0.4 is 5.30 Å². The van der Waals surface area contributed by atoms with E-state index in [-0.39, 0.29) is 6.10 Å². The van der Waals surface area contributed by atoms with E-state index in [1.807, 2.05) is 25.1 Å². The highest BCUT2D eigenvalue weighted by atomic mass is 31.2. The minimum atomic E-state index is -3.47. The fourth-order valence-electron chi connectivity index (χ4n) is 2.60. The van der Waals surface area contributed by atoms with Gasteiger partial charge in [0.1, 0.15) is 5.66 Å². The Morgan fingerprint density at radius 2 is 1.67 bits per heavy atom. The van der Waals surface area contributed by atoms with Crippen molar-refractivity contribution >= 4 is 12.7 Å². The lowest BCUT2D eigenvalue weighted by Gasteiger charge is -2.27. The molecule has 0 saturated carbocycles. The molecule has 0 N–H and O–H groups in total. The molecule has 0 radical (unpaired) electrons. The van der Waals surface area contributed by atoms with E-state index in [1.165, 1.54) is 0 Å². The van der Waals surface area contributed by atoms with E-state index in [0.29, 0.717) is 10.9 Å². The number of aryl methyl sites for hydroxylation is 1. The molecule has 0 fully saturated rings. The predicted molar refractivity (Wildman–Crippen MR) is 95.7 cm³/mol. The van der Waals surface area contributed by atoms with Gasteiger partial charge in [-0.1, -0.05) is 48.0 Å². The monoisotopic (exact) mass is 347 g/mol. The molecule has 0 aliphatic carbocycles. The molecule has 2 atom stereocenters. The van der Waals surface area contributed by atoms with Gasteiger partial charge < -0.3 is 4.52 Å². The highest BCUT2D eigenvalue weighted by Crippen LogP contribution is 2.59. The topological polar surface area (TPSA) is 69.4 Å². The molecular weight excluding hydrogens is 325 g/mol. The summed E-state index contributed by atoms with van der Waals surface area (Å²) in [7, 11) is -3.47. The second-order valence-corrected chi connectivity index (χ2v) is 8.57. The van der Waals surface area contributed by atoms with Crippen molar-refractivity contribution in [3.05, 3.63) is 75.8 Å². The first-order valence-electron chi connectivity index (χ1n) is 7.85. The van der Waals surface area contributed by atoms with Gasteiger partial charge in [0.2, 0.25) is 13.9 Å². The van der Waals surface area contributed by atoms with Crippen LogP contribution in [-0.4, -0.2) is 17.6 Å². The smallest absolute Gasteiger partial charge is 0.246 e. The molecule has 0 aliphatic heterocycles. The van der Waals surface area contributed by atoms with Crippen molar-refractivity contribution in [2.24, 2.45) is 0 Å². The Balaban J connectivity index is 2.58. The summed E-state index contributed by atoms with van der Waals surface area (Å²) in [6.45, 7) is 5.07. The summed E-state index contributed by atoms with van der Waals surface area (Å²) in [6, 6.07) is 16.1. The maximum absolute atomic E-state index is 13.8. The Bertz CT molecular complexity index is 728. The van der Waals surface area contributed by atoms with E-state index in [0.717, 1.165) is 5.56 Å². The van der Waals surface area contributed by atoms with Gasteiger partial charge >= 0.3 is 0 Å². The van der Waals surface area contributed by atoms with Gasteiger partial charge in [-0.3, -0.25) is 14.7 Å². The average Bonchev–Trinajstić information content (AvgIpc) is 2.53. The molecule has 0 heterocycles. The zero-order valence-corrected chi connectivity index (χ0v) is 15.0. The van der Waals surface area contributed by atoms with Crippen molar-refractivity contribution in [3.63, 3.8) is 0 Å². The van der Waals surface area contributed by atoms with Gasteiger partial charge in [0.15, 0.2) is 0 Å². The first-order valence-corrected chi connectivity index (χ1v) is 9.54. The molecule has 2 aromatic carbocycles. The van der Waals surface area contributed by atoms with E-state index < -0.39 is 24.5 Å². The maximum atomic E-state index is 13.8. The summed E-state index contributed by atoms with van der Waals surface area (Å²) in [4.78, 5) is 10.8. The minimum Gasteiger partial charge on any atom is -0.322 e. The molecule has 5 nitrogen and oxygen atoms in total. The summed E-state index contributed by atoms with van der Waals surface area (Å²) in [5, 5.41) is 11.7. The van der Waals surface area contributed by atoms with Crippen molar-refractivity contribution in [3.8, 4) is 0 Å². The molecule has 0 aromatic heterocycles. The summed E-state index contributed by atoms with van der Waals surface area (Å²) in [5.74, 6) is 0. The van der Waals surface area contributed by atoms with Crippen LogP contribution in [0.15, 0.2) is 54.6 Å². The number of benzene rings is 2. The van der Waals surface area contributed by atoms with Crippen LogP contribution in [-0.2, 0) is 9.09 Å². The number of rotatable bonds is 7. The highest BCUT2D eigenvalue weighted by Gasteiger charge is 2.41. The molecule has 0 saturated heterocycles. The maximum Gasteiger partial charge on any atom is 0.246 e. The quantitative estimate of drug-likeness (QED) is 0.424. The molecule has 0 bridgehead atoms. The summed E-state index contributed by atoms with van der Waals surface area (Å²) >= 11 is 0. The summed E-state index contributed by atoms with van der Waals surface area (Å²) in [6.07, 6.45) is -0.309. The molecule has 128 valence electrons. The van der Waals surface area contributed by atoms with E-state index in [2.05, 4.69) is 0 Å². The third kappa shape index (κ3) is 4.31. The lowest BCUT2D eigenvalue weighted by molar-refractivity contribution is -0.480. The van der Waals surface area contributed by atoms with Crippen LogP contribution in [0.5, 0.6) is 0 Å². The molecule has 2 aromatic rings. The largest absolute Gasteiger partial charge is 0.322 e. The van der Waals surface area contributed by atoms with Gasteiger partial charge in [-0.15, -0.1) is 0 Å². The molecule has 2 unspecified atom stereocenters. The minimum absolute atomic E-state index is 0.309. The van der Waals surface area contributed by atoms with E-state index in [4.69, 9.17) is 4.52 Å². The first-order chi connectivity index (χ1) is 11.3. The van der Waals surface area contributed by atoms with Crippen LogP contribution in [0.4, 0.5) is 0 Å². The second-order valence-electron chi connectivity index (χ2n) is 6.03.